The van der Waals surface area contributed by atoms with E-state index in [0.29, 0.717) is 19.8 Å². The SMILES string of the molecule is CCNC(=NCCCOCc1ccco1)NCCc1c[nH]c2cc(F)ccc12.I. The summed E-state index contributed by atoms with van der Waals surface area (Å²) in [7, 11) is 0. The number of rotatable bonds is 10. The fourth-order valence-electron chi connectivity index (χ4n) is 2.95. The van der Waals surface area contributed by atoms with E-state index in [2.05, 4.69) is 20.6 Å². The number of nitrogens with one attached hydrogen (secondary N) is 3. The number of fused-ring (bicyclic) bond motifs is 1. The second-order valence-corrected chi connectivity index (χ2v) is 6.43. The summed E-state index contributed by atoms with van der Waals surface area (Å²) in [5, 5.41) is 7.64. The average Bonchev–Trinajstić information content (AvgIpc) is 3.34. The van der Waals surface area contributed by atoms with Gasteiger partial charge in [0.05, 0.1) is 6.26 Å². The molecule has 2 aromatic heterocycles. The number of H-pyrrole nitrogens is 1. The molecule has 0 aliphatic carbocycles. The third-order valence-electron chi connectivity index (χ3n) is 4.30. The van der Waals surface area contributed by atoms with Gasteiger partial charge < -0.3 is 24.8 Å². The van der Waals surface area contributed by atoms with Crippen molar-refractivity contribution in [2.45, 2.75) is 26.4 Å². The molecule has 0 atom stereocenters. The number of benzene rings is 1. The predicted octanol–water partition coefficient (Wildman–Crippen LogP) is 4.22. The maximum atomic E-state index is 13.3. The van der Waals surface area contributed by atoms with Gasteiger partial charge in [0.1, 0.15) is 18.2 Å². The van der Waals surface area contributed by atoms with E-state index in [0.717, 1.165) is 54.1 Å². The van der Waals surface area contributed by atoms with Crippen LogP contribution in [-0.2, 0) is 17.8 Å². The first-order chi connectivity index (χ1) is 13.8. The molecule has 3 rings (SSSR count). The van der Waals surface area contributed by atoms with Crippen LogP contribution in [0.4, 0.5) is 4.39 Å². The summed E-state index contributed by atoms with van der Waals surface area (Å²) in [4.78, 5) is 7.70. The highest BCUT2D eigenvalue weighted by Gasteiger charge is 2.05. The minimum absolute atomic E-state index is 0. The summed E-state index contributed by atoms with van der Waals surface area (Å²) in [5.74, 6) is 1.40. The molecule has 3 aromatic rings. The summed E-state index contributed by atoms with van der Waals surface area (Å²) >= 11 is 0. The zero-order valence-electron chi connectivity index (χ0n) is 16.5. The van der Waals surface area contributed by atoms with Crippen molar-refractivity contribution < 1.29 is 13.5 Å². The van der Waals surface area contributed by atoms with Gasteiger partial charge in [-0.15, -0.1) is 24.0 Å². The molecule has 0 fully saturated rings. The van der Waals surface area contributed by atoms with E-state index < -0.39 is 0 Å². The number of hydrogen-bond acceptors (Lipinski definition) is 3. The molecule has 158 valence electrons. The minimum Gasteiger partial charge on any atom is -0.467 e. The lowest BCUT2D eigenvalue weighted by Gasteiger charge is -2.11. The minimum atomic E-state index is -0.228. The topological polar surface area (TPSA) is 74.6 Å². The highest BCUT2D eigenvalue weighted by Crippen LogP contribution is 2.19. The molecule has 6 nitrogen and oxygen atoms in total. The third-order valence-corrected chi connectivity index (χ3v) is 4.30. The molecule has 0 bridgehead atoms. The van der Waals surface area contributed by atoms with Gasteiger partial charge in [-0.3, -0.25) is 4.99 Å². The molecule has 8 heteroatoms. The van der Waals surface area contributed by atoms with Crippen LogP contribution in [0.2, 0.25) is 0 Å². The summed E-state index contributed by atoms with van der Waals surface area (Å²) < 4.78 is 24.1. The Labute approximate surface area is 187 Å². The highest BCUT2D eigenvalue weighted by molar-refractivity contribution is 14.0. The Morgan fingerprint density at radius 1 is 1.28 bits per heavy atom. The molecular formula is C21H28FIN4O2. The predicted molar refractivity (Wildman–Crippen MR) is 124 cm³/mol. The van der Waals surface area contributed by atoms with Crippen LogP contribution in [0.15, 0.2) is 52.2 Å². The van der Waals surface area contributed by atoms with Gasteiger partial charge in [0.25, 0.3) is 0 Å². The lowest BCUT2D eigenvalue weighted by Crippen LogP contribution is -2.38. The van der Waals surface area contributed by atoms with Crippen molar-refractivity contribution in [3.8, 4) is 0 Å². The van der Waals surface area contributed by atoms with E-state index in [4.69, 9.17) is 9.15 Å². The standard InChI is InChI=1S/C21H27FN4O2.HI/c1-2-23-21(24-9-4-11-27-15-18-5-3-12-28-18)25-10-8-16-14-26-20-13-17(22)6-7-19(16)20;/h3,5-7,12-14,26H,2,4,8-11,15H2,1H3,(H2,23,24,25);1H. The Bertz CT molecular complexity index is 880. The van der Waals surface area contributed by atoms with Gasteiger partial charge in [-0.2, -0.15) is 0 Å². The van der Waals surface area contributed by atoms with Crippen LogP contribution in [0.25, 0.3) is 10.9 Å². The van der Waals surface area contributed by atoms with Crippen LogP contribution in [0.5, 0.6) is 0 Å². The maximum absolute atomic E-state index is 13.3. The van der Waals surface area contributed by atoms with Crippen LogP contribution in [0.3, 0.4) is 0 Å². The Balaban J connectivity index is 0.00000300. The van der Waals surface area contributed by atoms with Crippen molar-refractivity contribution in [2.75, 3.05) is 26.2 Å². The first-order valence-electron chi connectivity index (χ1n) is 9.64. The number of aliphatic imine (C=N–C) groups is 1. The summed E-state index contributed by atoms with van der Waals surface area (Å²) in [5.41, 5.74) is 1.98. The van der Waals surface area contributed by atoms with E-state index in [-0.39, 0.29) is 29.8 Å². The molecule has 0 saturated heterocycles. The number of furan rings is 1. The molecule has 0 aliphatic rings. The van der Waals surface area contributed by atoms with Crippen LogP contribution in [0, 0.1) is 5.82 Å². The monoisotopic (exact) mass is 514 g/mol. The number of halogens is 2. The van der Waals surface area contributed by atoms with Gasteiger partial charge in [-0.25, -0.2) is 4.39 Å². The second-order valence-electron chi connectivity index (χ2n) is 6.43. The van der Waals surface area contributed by atoms with E-state index in [1.165, 1.54) is 12.1 Å². The van der Waals surface area contributed by atoms with E-state index in [9.17, 15) is 4.39 Å². The normalized spacial score (nSPS) is 11.4. The highest BCUT2D eigenvalue weighted by atomic mass is 127. The van der Waals surface area contributed by atoms with Crippen molar-refractivity contribution in [1.82, 2.24) is 15.6 Å². The van der Waals surface area contributed by atoms with Gasteiger partial charge in [0.15, 0.2) is 5.96 Å². The quantitative estimate of drug-likeness (QED) is 0.164. The molecule has 0 amide bonds. The molecule has 0 spiro atoms. The lowest BCUT2D eigenvalue weighted by molar-refractivity contribution is 0.105. The van der Waals surface area contributed by atoms with Crippen molar-refractivity contribution >= 4 is 40.8 Å². The number of guanidine groups is 1. The first-order valence-corrected chi connectivity index (χ1v) is 9.64. The summed E-state index contributed by atoms with van der Waals surface area (Å²) in [6, 6.07) is 8.58. The van der Waals surface area contributed by atoms with Crippen LogP contribution < -0.4 is 10.6 Å². The Morgan fingerprint density at radius 3 is 2.97 bits per heavy atom. The fraction of sp³-hybridized carbons (Fsp3) is 0.381. The van der Waals surface area contributed by atoms with Gasteiger partial charge in [0, 0.05) is 43.3 Å². The Morgan fingerprint density at radius 2 is 2.17 bits per heavy atom. The second kappa shape index (κ2) is 12.5. The molecule has 3 N–H and O–H groups in total. The van der Waals surface area contributed by atoms with Crippen molar-refractivity contribution in [1.29, 1.82) is 0 Å². The van der Waals surface area contributed by atoms with Gasteiger partial charge >= 0.3 is 0 Å². The molecule has 0 radical (unpaired) electrons. The zero-order valence-corrected chi connectivity index (χ0v) is 18.9. The fourth-order valence-corrected chi connectivity index (χ4v) is 2.95. The largest absolute Gasteiger partial charge is 0.467 e. The van der Waals surface area contributed by atoms with E-state index >= 15 is 0 Å². The summed E-state index contributed by atoms with van der Waals surface area (Å²) in [6.07, 6.45) is 5.24. The van der Waals surface area contributed by atoms with E-state index in [1.54, 1.807) is 6.26 Å². The first kappa shape index (κ1) is 23.2. The molecule has 2 heterocycles. The Hall–Kier alpha value is -2.07. The lowest BCUT2D eigenvalue weighted by atomic mass is 10.1. The van der Waals surface area contributed by atoms with Crippen LogP contribution in [0.1, 0.15) is 24.7 Å². The number of ether oxygens (including phenoxy) is 1. The van der Waals surface area contributed by atoms with Crippen molar-refractivity contribution in [3.05, 3.63) is 59.9 Å². The van der Waals surface area contributed by atoms with Crippen molar-refractivity contribution in [2.24, 2.45) is 4.99 Å². The molecule has 0 saturated carbocycles. The molecular weight excluding hydrogens is 486 g/mol. The van der Waals surface area contributed by atoms with Gasteiger partial charge in [-0.05, 0) is 55.7 Å². The van der Waals surface area contributed by atoms with Gasteiger partial charge in [-0.1, -0.05) is 0 Å². The maximum Gasteiger partial charge on any atom is 0.191 e. The van der Waals surface area contributed by atoms with Crippen LogP contribution in [-0.4, -0.2) is 37.2 Å². The average molecular weight is 514 g/mol. The van der Waals surface area contributed by atoms with Gasteiger partial charge in [0.2, 0.25) is 0 Å². The molecule has 29 heavy (non-hydrogen) atoms. The van der Waals surface area contributed by atoms with E-state index in [1.807, 2.05) is 31.3 Å². The summed E-state index contributed by atoms with van der Waals surface area (Å²) in [6.45, 7) is 5.38. The van der Waals surface area contributed by atoms with Crippen LogP contribution >= 0.6 is 24.0 Å². The van der Waals surface area contributed by atoms with Crippen molar-refractivity contribution in [3.63, 3.8) is 0 Å². The zero-order chi connectivity index (χ0) is 19.6. The smallest absolute Gasteiger partial charge is 0.191 e. The molecule has 0 unspecified atom stereocenters. The third kappa shape index (κ3) is 7.36. The Kier molecular flexibility index (Phi) is 9.99. The number of nitrogens with zero attached hydrogens (tertiary/aromatic N) is 1. The number of hydrogen-bond donors (Lipinski definition) is 3. The number of aromatic nitrogens is 1. The molecule has 0 aliphatic heterocycles. The molecule has 1 aromatic carbocycles. The number of aromatic amines is 1.